The molecular formula is C13H11ClN4O3S. The van der Waals surface area contributed by atoms with E-state index in [1.165, 1.54) is 23.6 Å². The highest BCUT2D eigenvalue weighted by molar-refractivity contribution is 7.15. The second-order valence-electron chi connectivity index (χ2n) is 4.20. The summed E-state index contributed by atoms with van der Waals surface area (Å²) in [5.41, 5.74) is -0.160. The van der Waals surface area contributed by atoms with Gasteiger partial charge in [0.25, 0.3) is 0 Å². The van der Waals surface area contributed by atoms with Crippen molar-refractivity contribution in [2.24, 2.45) is 0 Å². The van der Waals surface area contributed by atoms with E-state index in [4.69, 9.17) is 22.8 Å². The molecule has 0 N–H and O–H groups in total. The Morgan fingerprint density at radius 3 is 2.91 bits per heavy atom. The topological polar surface area (TPSA) is 81.4 Å². The molecule has 114 valence electrons. The molecule has 0 aromatic carbocycles. The van der Waals surface area contributed by atoms with Gasteiger partial charge < -0.3 is 9.64 Å². The van der Waals surface area contributed by atoms with Gasteiger partial charge in [-0.2, -0.15) is 0 Å². The van der Waals surface area contributed by atoms with Crippen LogP contribution in [0.2, 0.25) is 4.47 Å². The molecular weight excluding hydrogens is 328 g/mol. The highest BCUT2D eigenvalue weighted by Crippen LogP contribution is 2.30. The molecule has 0 fully saturated rings. The van der Waals surface area contributed by atoms with Crippen LogP contribution in [0.15, 0.2) is 18.5 Å². The third-order valence-corrected chi connectivity index (χ3v) is 3.72. The maximum absolute atomic E-state index is 11.2. The zero-order valence-corrected chi connectivity index (χ0v) is 13.1. The molecule has 0 spiro atoms. The van der Waals surface area contributed by atoms with Crippen molar-refractivity contribution in [2.45, 2.75) is 6.54 Å². The van der Waals surface area contributed by atoms with Gasteiger partial charge in [0.15, 0.2) is 4.47 Å². The number of hydrogen-bond acceptors (Lipinski definition) is 7. The molecule has 0 bridgehead atoms. The van der Waals surface area contributed by atoms with Crippen molar-refractivity contribution < 1.29 is 9.66 Å². The maximum atomic E-state index is 11.2. The first-order valence-electron chi connectivity index (χ1n) is 6.03. The van der Waals surface area contributed by atoms with Crippen LogP contribution in [0.3, 0.4) is 0 Å². The zero-order chi connectivity index (χ0) is 16.1. The second kappa shape index (κ2) is 7.06. The number of pyridine rings is 1. The standard InChI is InChI=1S/C13H11ClN4O3S/c1-3-4-21-9-5-11(18(19)20)12(15-6-9)17(2)8-10-7-16-13(14)22-10/h1,5-7H,4,8H2,2H3. The fraction of sp³-hybridized carbons (Fsp3) is 0.231. The molecule has 2 aromatic heterocycles. The van der Waals surface area contributed by atoms with E-state index in [0.717, 1.165) is 4.88 Å². The number of rotatable bonds is 6. The van der Waals surface area contributed by atoms with Gasteiger partial charge in [0.2, 0.25) is 5.82 Å². The van der Waals surface area contributed by atoms with Crippen LogP contribution < -0.4 is 9.64 Å². The molecule has 0 radical (unpaired) electrons. The van der Waals surface area contributed by atoms with Gasteiger partial charge in [-0.3, -0.25) is 10.1 Å². The van der Waals surface area contributed by atoms with Gasteiger partial charge >= 0.3 is 5.69 Å². The summed E-state index contributed by atoms with van der Waals surface area (Å²) in [6.45, 7) is 0.427. The quantitative estimate of drug-likeness (QED) is 0.457. The van der Waals surface area contributed by atoms with Crippen LogP contribution >= 0.6 is 22.9 Å². The number of anilines is 1. The highest BCUT2D eigenvalue weighted by atomic mass is 35.5. The van der Waals surface area contributed by atoms with Crippen molar-refractivity contribution in [3.05, 3.63) is 37.9 Å². The van der Waals surface area contributed by atoms with Crippen molar-refractivity contribution in [3.63, 3.8) is 0 Å². The lowest BCUT2D eigenvalue weighted by molar-refractivity contribution is -0.384. The lowest BCUT2D eigenvalue weighted by atomic mass is 10.3. The molecule has 22 heavy (non-hydrogen) atoms. The lowest BCUT2D eigenvalue weighted by Gasteiger charge is -2.17. The Kier molecular flexibility index (Phi) is 5.14. The van der Waals surface area contributed by atoms with E-state index >= 15 is 0 Å². The van der Waals surface area contributed by atoms with E-state index in [1.54, 1.807) is 18.1 Å². The first kappa shape index (κ1) is 16.0. The number of nitrogens with zero attached hydrogens (tertiary/aromatic N) is 4. The number of hydrogen-bond donors (Lipinski definition) is 0. The molecule has 2 rings (SSSR count). The second-order valence-corrected chi connectivity index (χ2v) is 5.90. The number of ether oxygens (including phenoxy) is 1. The molecule has 0 atom stereocenters. The first-order valence-corrected chi connectivity index (χ1v) is 7.22. The molecule has 7 nitrogen and oxygen atoms in total. The van der Waals surface area contributed by atoms with E-state index in [2.05, 4.69) is 15.9 Å². The molecule has 0 aliphatic heterocycles. The smallest absolute Gasteiger partial charge is 0.315 e. The summed E-state index contributed by atoms with van der Waals surface area (Å²) in [6, 6.07) is 1.30. The molecule has 0 saturated heterocycles. The number of terminal acetylenes is 1. The van der Waals surface area contributed by atoms with E-state index < -0.39 is 4.92 Å². The van der Waals surface area contributed by atoms with Crippen LogP contribution in [-0.2, 0) is 6.54 Å². The molecule has 0 saturated carbocycles. The van der Waals surface area contributed by atoms with Crippen LogP contribution in [0.1, 0.15) is 4.88 Å². The Balaban J connectivity index is 2.25. The monoisotopic (exact) mass is 338 g/mol. The van der Waals surface area contributed by atoms with Crippen molar-refractivity contribution >= 4 is 34.4 Å². The van der Waals surface area contributed by atoms with E-state index in [0.29, 0.717) is 11.0 Å². The van der Waals surface area contributed by atoms with Gasteiger partial charge in [0.1, 0.15) is 12.4 Å². The Morgan fingerprint density at radius 1 is 1.55 bits per heavy atom. The predicted octanol–water partition coefficient (Wildman–Crippen LogP) is 2.75. The van der Waals surface area contributed by atoms with Gasteiger partial charge in [-0.05, 0) is 0 Å². The van der Waals surface area contributed by atoms with Crippen molar-refractivity contribution in [3.8, 4) is 18.1 Å². The minimum absolute atomic E-state index is 0.0212. The van der Waals surface area contributed by atoms with Crippen molar-refractivity contribution in [1.29, 1.82) is 0 Å². The highest BCUT2D eigenvalue weighted by Gasteiger charge is 2.21. The first-order chi connectivity index (χ1) is 10.5. The SMILES string of the molecule is C#CCOc1cnc(N(C)Cc2cnc(Cl)s2)c([N+](=O)[O-])c1. The summed E-state index contributed by atoms with van der Waals surface area (Å²) in [4.78, 5) is 21.3. The summed E-state index contributed by atoms with van der Waals surface area (Å²) >= 11 is 7.08. The van der Waals surface area contributed by atoms with Gasteiger partial charge in [-0.15, -0.1) is 17.8 Å². The third kappa shape index (κ3) is 3.84. The predicted molar refractivity (Wildman–Crippen MR) is 84.5 cm³/mol. The molecule has 0 aliphatic carbocycles. The number of thiazole rings is 1. The lowest BCUT2D eigenvalue weighted by Crippen LogP contribution is -2.18. The van der Waals surface area contributed by atoms with Crippen LogP contribution in [-0.4, -0.2) is 28.5 Å². The molecule has 2 aromatic rings. The van der Waals surface area contributed by atoms with Crippen molar-refractivity contribution in [1.82, 2.24) is 9.97 Å². The molecule has 2 heterocycles. The zero-order valence-electron chi connectivity index (χ0n) is 11.5. The van der Waals surface area contributed by atoms with Crippen LogP contribution in [0.25, 0.3) is 0 Å². The minimum Gasteiger partial charge on any atom is -0.479 e. The van der Waals surface area contributed by atoms with Crippen molar-refractivity contribution in [2.75, 3.05) is 18.6 Å². The van der Waals surface area contributed by atoms with Gasteiger partial charge in [0.05, 0.1) is 23.7 Å². The van der Waals surface area contributed by atoms with E-state index in [1.807, 2.05) is 0 Å². The summed E-state index contributed by atoms with van der Waals surface area (Å²) in [6.07, 6.45) is 8.11. The number of nitro groups is 1. The average molecular weight is 339 g/mol. The fourth-order valence-electron chi connectivity index (χ4n) is 1.73. The fourth-order valence-corrected chi connectivity index (χ4v) is 2.76. The summed E-state index contributed by atoms with van der Waals surface area (Å²) < 4.78 is 5.58. The summed E-state index contributed by atoms with van der Waals surface area (Å²) in [5, 5.41) is 11.2. The minimum atomic E-state index is -0.513. The molecule has 0 aliphatic rings. The normalized spacial score (nSPS) is 10.0. The largest absolute Gasteiger partial charge is 0.479 e. The third-order valence-electron chi connectivity index (χ3n) is 2.62. The maximum Gasteiger partial charge on any atom is 0.315 e. The molecule has 9 heteroatoms. The average Bonchev–Trinajstić information content (AvgIpc) is 2.89. The number of aromatic nitrogens is 2. The van der Waals surface area contributed by atoms with Gasteiger partial charge in [0, 0.05) is 18.1 Å². The van der Waals surface area contributed by atoms with Crippen LogP contribution in [0.5, 0.6) is 5.75 Å². The van der Waals surface area contributed by atoms with E-state index in [9.17, 15) is 10.1 Å². The Bertz CT molecular complexity index is 728. The Hall–Kier alpha value is -2.37. The summed E-state index contributed by atoms with van der Waals surface area (Å²) in [5.74, 6) is 2.77. The molecule has 0 unspecified atom stereocenters. The Labute approximate surface area is 135 Å². The van der Waals surface area contributed by atoms with Gasteiger partial charge in [-0.1, -0.05) is 17.5 Å². The van der Waals surface area contributed by atoms with Crippen LogP contribution in [0, 0.1) is 22.5 Å². The van der Waals surface area contributed by atoms with E-state index in [-0.39, 0.29) is 23.9 Å². The summed E-state index contributed by atoms with van der Waals surface area (Å²) in [7, 11) is 1.70. The van der Waals surface area contributed by atoms with Gasteiger partial charge in [-0.25, -0.2) is 9.97 Å². The molecule has 0 amide bonds. The number of halogens is 1. The van der Waals surface area contributed by atoms with Crippen LogP contribution in [0.4, 0.5) is 11.5 Å². The Morgan fingerprint density at radius 2 is 2.32 bits per heavy atom.